The molecule has 0 unspecified atom stereocenters. The van der Waals surface area contributed by atoms with Gasteiger partial charge in [0.2, 0.25) is 23.6 Å². The van der Waals surface area contributed by atoms with Gasteiger partial charge in [0.05, 0.1) is 6.61 Å². The summed E-state index contributed by atoms with van der Waals surface area (Å²) in [6.07, 6.45) is -0.122. The normalized spacial score (nSPS) is 13.0. The molecule has 0 saturated heterocycles. The highest BCUT2D eigenvalue weighted by Gasteiger charge is 2.32. The maximum atomic E-state index is 14.2. The summed E-state index contributed by atoms with van der Waals surface area (Å²) < 4.78 is 5.22. The number of carbonyl (C=O) groups is 5. The van der Waals surface area contributed by atoms with Crippen molar-refractivity contribution in [3.05, 3.63) is 119 Å². The smallest absolute Gasteiger partial charge is 0.328 e. The van der Waals surface area contributed by atoms with Crippen LogP contribution in [0.4, 0.5) is 0 Å². The second-order valence-corrected chi connectivity index (χ2v) is 12.7. The molecule has 0 spiro atoms. The van der Waals surface area contributed by atoms with E-state index in [1.807, 2.05) is 0 Å². The van der Waals surface area contributed by atoms with E-state index in [1.54, 1.807) is 55.5 Å². The largest absolute Gasteiger partial charge is 0.508 e. The minimum Gasteiger partial charge on any atom is -0.508 e. The number of nitrogens with one attached hydrogen (secondary N) is 4. The van der Waals surface area contributed by atoms with Gasteiger partial charge in [0.1, 0.15) is 47.2 Å². The standard InChI is InChI=1S/C40H44N4O10/c1-3-54-40(53)36(23-28-10-18-32(49)19-11-28)44-39(52)35(22-27-8-16-31(48)17-9-27)43-38(51)34(21-26-6-14-30(47)15-7-26)42-37(50)33(41-24(2)45)20-25-4-12-29(46)13-5-25/h4-19,33-36,46-49H,3,20-23H2,1-2H3,(H,41,45)(H,42,50)(H,43,51)(H,44,52)/t33-,34-,35-,36-/m0/s1. The highest BCUT2D eigenvalue weighted by atomic mass is 16.5. The van der Waals surface area contributed by atoms with Crippen LogP contribution in [0.15, 0.2) is 97.1 Å². The first kappa shape index (κ1) is 40.2. The Morgan fingerprint density at radius 1 is 0.463 bits per heavy atom. The van der Waals surface area contributed by atoms with E-state index >= 15 is 0 Å². The summed E-state index contributed by atoms with van der Waals surface area (Å²) in [5, 5.41) is 49.8. The topological polar surface area (TPSA) is 224 Å². The van der Waals surface area contributed by atoms with Crippen molar-refractivity contribution in [2.45, 2.75) is 63.7 Å². The molecule has 14 nitrogen and oxygen atoms in total. The minimum absolute atomic E-state index is 0.00975. The molecule has 284 valence electrons. The monoisotopic (exact) mass is 740 g/mol. The van der Waals surface area contributed by atoms with E-state index in [4.69, 9.17) is 4.74 Å². The Labute approximate surface area is 312 Å². The van der Waals surface area contributed by atoms with E-state index in [-0.39, 0.29) is 55.3 Å². The zero-order chi connectivity index (χ0) is 39.2. The lowest BCUT2D eigenvalue weighted by Gasteiger charge is -2.27. The van der Waals surface area contributed by atoms with Gasteiger partial charge >= 0.3 is 5.97 Å². The Morgan fingerprint density at radius 3 is 1.00 bits per heavy atom. The molecule has 0 aliphatic carbocycles. The Morgan fingerprint density at radius 2 is 0.722 bits per heavy atom. The first-order valence-electron chi connectivity index (χ1n) is 17.3. The van der Waals surface area contributed by atoms with E-state index in [0.29, 0.717) is 22.3 Å². The lowest BCUT2D eigenvalue weighted by Crippen LogP contribution is -2.59. The molecule has 54 heavy (non-hydrogen) atoms. The molecule has 0 bridgehead atoms. The molecule has 4 aromatic carbocycles. The highest BCUT2D eigenvalue weighted by molar-refractivity contribution is 5.95. The van der Waals surface area contributed by atoms with Gasteiger partial charge < -0.3 is 46.4 Å². The van der Waals surface area contributed by atoms with Crippen LogP contribution in [0.2, 0.25) is 0 Å². The number of ether oxygens (including phenoxy) is 1. The van der Waals surface area contributed by atoms with Crippen molar-refractivity contribution in [3.8, 4) is 23.0 Å². The van der Waals surface area contributed by atoms with E-state index in [2.05, 4.69) is 21.3 Å². The number of rotatable bonds is 17. The van der Waals surface area contributed by atoms with Crippen molar-refractivity contribution < 1.29 is 49.1 Å². The number of phenols is 4. The molecular weight excluding hydrogens is 696 g/mol. The fraction of sp³-hybridized carbons (Fsp3) is 0.275. The molecule has 8 N–H and O–H groups in total. The van der Waals surface area contributed by atoms with E-state index in [9.17, 15) is 44.4 Å². The summed E-state index contributed by atoms with van der Waals surface area (Å²) in [6.45, 7) is 2.91. The number of phenolic OH excluding ortho intramolecular Hbond substituents is 4. The second-order valence-electron chi connectivity index (χ2n) is 12.7. The van der Waals surface area contributed by atoms with Crippen LogP contribution in [0, 0.1) is 0 Å². The van der Waals surface area contributed by atoms with Gasteiger partial charge in [-0.15, -0.1) is 0 Å². The Bertz CT molecular complexity index is 1880. The number of benzene rings is 4. The lowest BCUT2D eigenvalue weighted by molar-refractivity contribution is -0.147. The molecule has 0 saturated carbocycles. The van der Waals surface area contributed by atoms with Gasteiger partial charge in [0.15, 0.2) is 0 Å². The number of hydrogen-bond acceptors (Lipinski definition) is 10. The van der Waals surface area contributed by atoms with Gasteiger partial charge in [-0.05, 0) is 77.7 Å². The summed E-state index contributed by atoms with van der Waals surface area (Å²) in [5.74, 6) is -3.43. The number of carbonyl (C=O) groups excluding carboxylic acids is 5. The summed E-state index contributed by atoms with van der Waals surface area (Å²) in [5.41, 5.74) is 2.34. The third kappa shape index (κ3) is 12.6. The van der Waals surface area contributed by atoms with Crippen molar-refractivity contribution >= 4 is 29.6 Å². The zero-order valence-electron chi connectivity index (χ0n) is 29.8. The molecule has 0 heterocycles. The summed E-state index contributed by atoms with van der Waals surface area (Å²) in [7, 11) is 0. The number of esters is 1. The van der Waals surface area contributed by atoms with Crippen molar-refractivity contribution in [2.24, 2.45) is 0 Å². The van der Waals surface area contributed by atoms with Crippen molar-refractivity contribution in [1.29, 1.82) is 0 Å². The molecule has 4 atom stereocenters. The Balaban J connectivity index is 1.63. The van der Waals surface area contributed by atoms with Crippen LogP contribution in [0.1, 0.15) is 36.1 Å². The fourth-order valence-corrected chi connectivity index (χ4v) is 5.60. The molecule has 0 aliphatic rings. The van der Waals surface area contributed by atoms with E-state index < -0.39 is 53.8 Å². The van der Waals surface area contributed by atoms with E-state index in [0.717, 1.165) is 0 Å². The summed E-state index contributed by atoms with van der Waals surface area (Å²) in [6, 6.07) is 19.2. The summed E-state index contributed by atoms with van der Waals surface area (Å²) >= 11 is 0. The average Bonchev–Trinajstić information content (AvgIpc) is 3.13. The maximum Gasteiger partial charge on any atom is 0.328 e. The van der Waals surface area contributed by atoms with Crippen LogP contribution in [0.5, 0.6) is 23.0 Å². The van der Waals surface area contributed by atoms with Gasteiger partial charge in [0, 0.05) is 32.6 Å². The van der Waals surface area contributed by atoms with Crippen LogP contribution in [-0.4, -0.2) is 80.8 Å². The number of amides is 4. The first-order valence-corrected chi connectivity index (χ1v) is 17.3. The van der Waals surface area contributed by atoms with Crippen molar-refractivity contribution in [3.63, 3.8) is 0 Å². The molecule has 4 rings (SSSR count). The first-order chi connectivity index (χ1) is 25.8. The van der Waals surface area contributed by atoms with E-state index in [1.165, 1.54) is 55.5 Å². The Kier molecular flexibility index (Phi) is 14.4. The number of hydrogen-bond donors (Lipinski definition) is 8. The molecular formula is C40H44N4O10. The SMILES string of the molecule is CCOC(=O)[C@H](Cc1ccc(O)cc1)NC(=O)[C@H](Cc1ccc(O)cc1)NC(=O)[C@H](Cc1ccc(O)cc1)NC(=O)[C@H](Cc1ccc(O)cc1)NC(C)=O. The average molecular weight is 741 g/mol. The van der Waals surface area contributed by atoms with Crippen LogP contribution in [0.25, 0.3) is 0 Å². The molecule has 0 aromatic heterocycles. The third-order valence-corrected chi connectivity index (χ3v) is 8.35. The van der Waals surface area contributed by atoms with Gasteiger partial charge in [-0.25, -0.2) is 4.79 Å². The van der Waals surface area contributed by atoms with Crippen LogP contribution in [-0.2, 0) is 54.4 Å². The van der Waals surface area contributed by atoms with Gasteiger partial charge in [-0.3, -0.25) is 19.2 Å². The van der Waals surface area contributed by atoms with Crippen LogP contribution in [0.3, 0.4) is 0 Å². The molecule has 0 aliphatic heterocycles. The van der Waals surface area contributed by atoms with Crippen LogP contribution >= 0.6 is 0 Å². The zero-order valence-corrected chi connectivity index (χ0v) is 29.8. The molecule has 0 fully saturated rings. The van der Waals surface area contributed by atoms with Crippen LogP contribution < -0.4 is 21.3 Å². The van der Waals surface area contributed by atoms with Crippen molar-refractivity contribution in [1.82, 2.24) is 21.3 Å². The third-order valence-electron chi connectivity index (χ3n) is 8.35. The fourth-order valence-electron chi connectivity index (χ4n) is 5.60. The van der Waals surface area contributed by atoms with Crippen molar-refractivity contribution in [2.75, 3.05) is 6.61 Å². The Hall–Kier alpha value is -6.57. The van der Waals surface area contributed by atoms with Gasteiger partial charge in [-0.1, -0.05) is 48.5 Å². The predicted octanol–water partition coefficient (Wildman–Crippen LogP) is 2.30. The second kappa shape index (κ2) is 19.3. The lowest BCUT2D eigenvalue weighted by atomic mass is 10.00. The highest BCUT2D eigenvalue weighted by Crippen LogP contribution is 2.16. The predicted molar refractivity (Wildman–Crippen MR) is 197 cm³/mol. The maximum absolute atomic E-state index is 14.2. The van der Waals surface area contributed by atoms with Gasteiger partial charge in [-0.2, -0.15) is 0 Å². The molecule has 4 amide bonds. The van der Waals surface area contributed by atoms with Gasteiger partial charge in [0.25, 0.3) is 0 Å². The summed E-state index contributed by atoms with van der Waals surface area (Å²) in [4.78, 5) is 67.1. The molecule has 14 heteroatoms. The quantitative estimate of drug-likeness (QED) is 0.0738. The number of aromatic hydroxyl groups is 4. The molecule has 4 aromatic rings. The minimum atomic E-state index is -1.30. The molecule has 0 radical (unpaired) electrons.